The summed E-state index contributed by atoms with van der Waals surface area (Å²) in [6.07, 6.45) is -3.07. The van der Waals surface area contributed by atoms with Gasteiger partial charge in [-0.05, 0) is 25.2 Å². The first-order valence-corrected chi connectivity index (χ1v) is 5.72. The topological polar surface area (TPSA) is 42.7 Å². The third kappa shape index (κ3) is 3.05. The average molecular weight is 291 g/mol. The molecule has 8 heteroatoms. The second kappa shape index (κ2) is 5.18. The van der Waals surface area contributed by atoms with E-state index in [4.69, 9.17) is 11.6 Å². The minimum absolute atomic E-state index is 0.0200. The molecule has 2 rings (SSSR count). The van der Waals surface area contributed by atoms with Gasteiger partial charge in [0.15, 0.2) is 0 Å². The molecular weight excluding hydrogens is 281 g/mol. The number of hydrogen-bond donors (Lipinski definition) is 1. The number of benzene rings is 1. The van der Waals surface area contributed by atoms with Gasteiger partial charge in [-0.1, -0.05) is 16.8 Å². The summed E-state index contributed by atoms with van der Waals surface area (Å²) in [6, 6.07) is 3.52. The summed E-state index contributed by atoms with van der Waals surface area (Å²) >= 11 is 5.61. The maximum absolute atomic E-state index is 12.9. The van der Waals surface area contributed by atoms with Gasteiger partial charge in [0.1, 0.15) is 0 Å². The highest BCUT2D eigenvalue weighted by molar-refractivity contribution is 6.30. The predicted octanol–water partition coefficient (Wildman–Crippen LogP) is 2.66. The number of hydrogen-bond acceptors (Lipinski definition) is 3. The predicted molar refractivity (Wildman–Crippen MR) is 64.1 cm³/mol. The fraction of sp³-hybridized carbons (Fsp3) is 0.273. The van der Waals surface area contributed by atoms with Crippen LogP contribution in [0.1, 0.15) is 11.3 Å². The smallest absolute Gasteiger partial charge is 0.314 e. The van der Waals surface area contributed by atoms with Crippen LogP contribution < -0.4 is 5.32 Å². The van der Waals surface area contributed by atoms with Crippen LogP contribution in [0.3, 0.4) is 0 Å². The molecule has 0 atom stereocenters. The third-order valence-corrected chi connectivity index (χ3v) is 2.64. The quantitative estimate of drug-likeness (QED) is 0.945. The molecule has 1 aromatic carbocycles. The third-order valence-electron chi connectivity index (χ3n) is 2.41. The Hall–Kier alpha value is -1.60. The van der Waals surface area contributed by atoms with E-state index < -0.39 is 11.7 Å². The average Bonchev–Trinajstić information content (AvgIpc) is 2.77. The largest absolute Gasteiger partial charge is 0.418 e. The fourth-order valence-electron chi connectivity index (χ4n) is 1.61. The van der Waals surface area contributed by atoms with Crippen molar-refractivity contribution in [2.45, 2.75) is 12.7 Å². The molecule has 0 spiro atoms. The molecule has 0 saturated carbocycles. The van der Waals surface area contributed by atoms with Gasteiger partial charge in [0.25, 0.3) is 0 Å². The van der Waals surface area contributed by atoms with Crippen LogP contribution in [0, 0.1) is 0 Å². The zero-order valence-electron chi connectivity index (χ0n) is 9.87. The summed E-state index contributed by atoms with van der Waals surface area (Å²) in [5.41, 5.74) is -0.404. The van der Waals surface area contributed by atoms with Crippen molar-refractivity contribution in [1.82, 2.24) is 20.3 Å². The molecule has 0 aliphatic heterocycles. The van der Waals surface area contributed by atoms with Crippen LogP contribution in [0.2, 0.25) is 5.02 Å². The second-order valence-corrected chi connectivity index (χ2v) is 4.28. The zero-order valence-corrected chi connectivity index (χ0v) is 10.6. The summed E-state index contributed by atoms with van der Waals surface area (Å²) in [6.45, 7) is 0.426. The van der Waals surface area contributed by atoms with Gasteiger partial charge in [0.2, 0.25) is 0 Å². The molecule has 0 aliphatic rings. The van der Waals surface area contributed by atoms with Crippen molar-refractivity contribution >= 4 is 11.6 Å². The van der Waals surface area contributed by atoms with Gasteiger partial charge in [0.05, 0.1) is 23.1 Å². The molecule has 19 heavy (non-hydrogen) atoms. The first kappa shape index (κ1) is 13.8. The van der Waals surface area contributed by atoms with Crippen LogP contribution in [0.15, 0.2) is 24.4 Å². The lowest BCUT2D eigenvalue weighted by Gasteiger charge is -2.12. The van der Waals surface area contributed by atoms with Crippen molar-refractivity contribution in [1.29, 1.82) is 0 Å². The number of rotatable bonds is 3. The molecule has 1 aromatic heterocycles. The Balaban J connectivity index is 2.48. The van der Waals surface area contributed by atoms with Crippen molar-refractivity contribution < 1.29 is 13.2 Å². The summed E-state index contributed by atoms with van der Waals surface area (Å²) in [7, 11) is 1.71. The van der Waals surface area contributed by atoms with Gasteiger partial charge < -0.3 is 5.32 Å². The summed E-state index contributed by atoms with van der Waals surface area (Å²) < 4.78 is 39.9. The number of alkyl halides is 3. The molecule has 0 amide bonds. The van der Waals surface area contributed by atoms with Gasteiger partial charge in [-0.3, -0.25) is 0 Å². The normalized spacial score (nSPS) is 11.8. The number of halogens is 4. The fourth-order valence-corrected chi connectivity index (χ4v) is 1.79. The van der Waals surface area contributed by atoms with Crippen LogP contribution in [0.25, 0.3) is 5.69 Å². The summed E-state index contributed by atoms with van der Waals surface area (Å²) in [5, 5.41) is 10.3. The van der Waals surface area contributed by atoms with Crippen LogP contribution in [0.4, 0.5) is 13.2 Å². The highest BCUT2D eigenvalue weighted by Gasteiger charge is 2.34. The number of nitrogens with one attached hydrogen (secondary N) is 1. The summed E-state index contributed by atoms with van der Waals surface area (Å²) in [4.78, 5) is 0. The molecule has 1 N–H and O–H groups in total. The SMILES string of the molecule is CNCc1cn(-c2ccc(Cl)cc2C(F)(F)F)nn1. The Labute approximate surface area is 112 Å². The molecule has 0 unspecified atom stereocenters. The Bertz CT molecular complexity index is 580. The number of nitrogens with zero attached hydrogens (tertiary/aromatic N) is 3. The Morgan fingerprint density at radius 1 is 1.37 bits per heavy atom. The van der Waals surface area contributed by atoms with E-state index >= 15 is 0 Å². The molecule has 0 bridgehead atoms. The minimum Gasteiger partial charge on any atom is -0.314 e. The molecule has 0 aliphatic carbocycles. The molecular formula is C11H10ClF3N4. The molecule has 102 valence electrons. The van der Waals surface area contributed by atoms with E-state index in [1.54, 1.807) is 7.05 Å². The van der Waals surface area contributed by atoms with E-state index in [2.05, 4.69) is 15.6 Å². The van der Waals surface area contributed by atoms with Crippen molar-refractivity contribution in [2.75, 3.05) is 7.05 Å². The van der Waals surface area contributed by atoms with Crippen molar-refractivity contribution in [3.05, 3.63) is 40.7 Å². The van der Waals surface area contributed by atoms with Gasteiger partial charge in [-0.15, -0.1) is 5.10 Å². The maximum Gasteiger partial charge on any atom is 0.418 e. The van der Waals surface area contributed by atoms with E-state index in [1.807, 2.05) is 0 Å². The van der Waals surface area contributed by atoms with Crippen LogP contribution >= 0.6 is 11.6 Å². The second-order valence-electron chi connectivity index (χ2n) is 3.84. The standard InChI is InChI=1S/C11H10ClF3N4/c1-16-5-8-6-19(18-17-8)10-3-2-7(12)4-9(10)11(13,14)15/h2-4,6,16H,5H2,1H3. The minimum atomic E-state index is -4.50. The molecule has 0 radical (unpaired) electrons. The van der Waals surface area contributed by atoms with Crippen LogP contribution in [0.5, 0.6) is 0 Å². The van der Waals surface area contributed by atoms with Crippen LogP contribution in [-0.4, -0.2) is 22.0 Å². The van der Waals surface area contributed by atoms with Gasteiger partial charge in [0, 0.05) is 11.6 Å². The van der Waals surface area contributed by atoms with Gasteiger partial charge in [-0.2, -0.15) is 13.2 Å². The van der Waals surface area contributed by atoms with E-state index in [0.29, 0.717) is 12.2 Å². The summed E-state index contributed by atoms with van der Waals surface area (Å²) in [5.74, 6) is 0. The van der Waals surface area contributed by atoms with Crippen molar-refractivity contribution in [3.8, 4) is 5.69 Å². The first-order valence-electron chi connectivity index (χ1n) is 5.35. The zero-order chi connectivity index (χ0) is 14.0. The van der Waals surface area contributed by atoms with Crippen molar-refractivity contribution in [2.24, 2.45) is 0 Å². The maximum atomic E-state index is 12.9. The van der Waals surface area contributed by atoms with Gasteiger partial charge in [-0.25, -0.2) is 4.68 Å². The lowest BCUT2D eigenvalue weighted by Crippen LogP contribution is -2.11. The number of aromatic nitrogens is 3. The lowest BCUT2D eigenvalue weighted by atomic mass is 10.1. The van der Waals surface area contributed by atoms with Crippen molar-refractivity contribution in [3.63, 3.8) is 0 Å². The highest BCUT2D eigenvalue weighted by atomic mass is 35.5. The Morgan fingerprint density at radius 3 is 2.74 bits per heavy atom. The molecule has 0 saturated heterocycles. The lowest BCUT2D eigenvalue weighted by molar-refractivity contribution is -0.137. The Morgan fingerprint density at radius 2 is 2.11 bits per heavy atom. The monoisotopic (exact) mass is 290 g/mol. The highest BCUT2D eigenvalue weighted by Crippen LogP contribution is 2.35. The molecule has 0 fully saturated rings. The van der Waals surface area contributed by atoms with Crippen LogP contribution in [-0.2, 0) is 12.7 Å². The van der Waals surface area contributed by atoms with E-state index in [0.717, 1.165) is 10.7 Å². The van der Waals surface area contributed by atoms with E-state index in [1.165, 1.54) is 18.3 Å². The van der Waals surface area contributed by atoms with E-state index in [-0.39, 0.29) is 10.7 Å². The van der Waals surface area contributed by atoms with Gasteiger partial charge >= 0.3 is 6.18 Å². The Kier molecular flexibility index (Phi) is 3.77. The molecule has 4 nitrogen and oxygen atoms in total. The van der Waals surface area contributed by atoms with E-state index in [9.17, 15) is 13.2 Å². The first-order chi connectivity index (χ1) is 8.91. The molecule has 2 aromatic rings. The molecule has 1 heterocycles.